The Labute approximate surface area is 395 Å². The number of imidazole rings is 1. The predicted octanol–water partition coefficient (Wildman–Crippen LogP) is -0.639. The van der Waals surface area contributed by atoms with Gasteiger partial charge in [0.05, 0.1) is 12.4 Å². The second-order valence-corrected chi connectivity index (χ2v) is 16.6. The van der Waals surface area contributed by atoms with Crippen LogP contribution in [-0.4, -0.2) is 125 Å². The van der Waals surface area contributed by atoms with Crippen molar-refractivity contribution in [2.45, 2.75) is 102 Å². The van der Waals surface area contributed by atoms with Crippen molar-refractivity contribution in [2.75, 3.05) is 33.3 Å². The van der Waals surface area contributed by atoms with Crippen LogP contribution in [0.5, 0.6) is 11.5 Å². The van der Waals surface area contributed by atoms with Gasteiger partial charge in [-0.1, -0.05) is 32.4 Å². The number of benzene rings is 2. The molecule has 4 aromatic rings. The van der Waals surface area contributed by atoms with Crippen LogP contribution in [-0.2, 0) is 48.0 Å². The van der Waals surface area contributed by atoms with Gasteiger partial charge in [-0.25, -0.2) is 4.98 Å². The van der Waals surface area contributed by atoms with Gasteiger partial charge in [0.2, 0.25) is 29.5 Å². The standard InChI is InChI=1S/C46H68N14O8/c1-4-27(2)40(48)45(67)58-35(8-5-6-17-47)42(64)53-19-16-29-23-55-34-15-14-32(22-33(29)34)68-25-39(62)57-36(9-7-18-54-46(49)50)43(65)60-38(21-30-24-52-26-56-30)44(66)59-37(41(63)51-3)20-28-10-12-31(61)13-11-28/h10-15,22-24,26-27,35-38,40,55,61H,4-9,16-21,25,47-48H2,1-3H3,(H,51,63)(H,52,56)(H,53,64)(H,57,62)(H,58,67)(H,59,66)(H,60,65)(H4,49,50,54)/t27-,35-,36-,37-,38-,40-/m0/s1. The van der Waals surface area contributed by atoms with Gasteiger partial charge in [0.1, 0.15) is 35.7 Å². The number of nitrogens with zero attached hydrogens (tertiary/aromatic N) is 2. The number of aromatic nitrogens is 3. The van der Waals surface area contributed by atoms with E-state index in [1.165, 1.54) is 31.7 Å². The molecule has 22 nitrogen and oxygen atoms in total. The summed E-state index contributed by atoms with van der Waals surface area (Å²) < 4.78 is 5.89. The summed E-state index contributed by atoms with van der Waals surface area (Å²) in [6, 6.07) is 6.49. The first-order valence-corrected chi connectivity index (χ1v) is 22.8. The molecule has 17 N–H and O–H groups in total. The van der Waals surface area contributed by atoms with Crippen LogP contribution >= 0.6 is 0 Å². The number of guanidine groups is 1. The Morgan fingerprint density at radius 1 is 0.824 bits per heavy atom. The molecule has 370 valence electrons. The van der Waals surface area contributed by atoms with Crippen LogP contribution in [0.15, 0.2) is 66.2 Å². The molecule has 6 amide bonds. The number of amides is 6. The van der Waals surface area contributed by atoms with E-state index >= 15 is 0 Å². The lowest BCUT2D eigenvalue weighted by atomic mass is 9.98. The number of likely N-dealkylation sites (N-methyl/N-ethyl adjacent to an activating group) is 1. The van der Waals surface area contributed by atoms with Gasteiger partial charge < -0.3 is 74.6 Å². The number of hydrogen-bond donors (Lipinski definition) is 13. The predicted molar refractivity (Wildman–Crippen MR) is 257 cm³/mol. The highest BCUT2D eigenvalue weighted by molar-refractivity contribution is 5.95. The molecule has 6 atom stereocenters. The number of ether oxygens (including phenoxy) is 1. The molecule has 0 aliphatic rings. The Morgan fingerprint density at radius 2 is 1.50 bits per heavy atom. The maximum Gasteiger partial charge on any atom is 0.258 e. The van der Waals surface area contributed by atoms with Gasteiger partial charge in [0.25, 0.3) is 5.91 Å². The van der Waals surface area contributed by atoms with Crippen molar-refractivity contribution < 1.29 is 38.6 Å². The Kier molecular flexibility index (Phi) is 21.6. The van der Waals surface area contributed by atoms with E-state index in [4.69, 9.17) is 27.7 Å². The number of H-pyrrole nitrogens is 2. The van der Waals surface area contributed by atoms with Crippen molar-refractivity contribution in [3.63, 3.8) is 0 Å². The first kappa shape index (κ1) is 53.4. The summed E-state index contributed by atoms with van der Waals surface area (Å²) in [6.07, 6.45) is 8.08. The highest BCUT2D eigenvalue weighted by atomic mass is 16.5. The summed E-state index contributed by atoms with van der Waals surface area (Å²) in [7, 11) is 1.43. The fraction of sp³-hybridized carbons (Fsp3) is 0.478. The van der Waals surface area contributed by atoms with Crippen LogP contribution in [0.1, 0.15) is 69.2 Å². The fourth-order valence-electron chi connectivity index (χ4n) is 7.22. The van der Waals surface area contributed by atoms with Crippen LogP contribution in [0.3, 0.4) is 0 Å². The Balaban J connectivity index is 1.42. The second kappa shape index (κ2) is 27.4. The van der Waals surface area contributed by atoms with E-state index in [2.05, 4.69) is 51.8 Å². The van der Waals surface area contributed by atoms with Crippen molar-refractivity contribution in [1.82, 2.24) is 46.9 Å². The molecular weight excluding hydrogens is 877 g/mol. The van der Waals surface area contributed by atoms with Crippen molar-refractivity contribution in [1.29, 1.82) is 0 Å². The zero-order valence-corrected chi connectivity index (χ0v) is 38.9. The fourth-order valence-corrected chi connectivity index (χ4v) is 7.22. The van der Waals surface area contributed by atoms with Gasteiger partial charge in [0, 0.05) is 62.0 Å². The number of phenolic OH excluding ortho intramolecular Hbond substituents is 1. The smallest absolute Gasteiger partial charge is 0.258 e. The Bertz CT molecular complexity index is 2280. The number of nitrogens with two attached hydrogens (primary N) is 4. The molecular formula is C46H68N14O8. The van der Waals surface area contributed by atoms with Gasteiger partial charge >= 0.3 is 0 Å². The molecule has 2 aromatic carbocycles. The molecule has 0 radical (unpaired) electrons. The third-order valence-electron chi connectivity index (χ3n) is 11.4. The normalized spacial score (nSPS) is 13.7. The van der Waals surface area contributed by atoms with Crippen molar-refractivity contribution in [2.24, 2.45) is 33.8 Å². The maximum absolute atomic E-state index is 14.0. The van der Waals surface area contributed by atoms with Gasteiger partial charge in [0.15, 0.2) is 12.6 Å². The second-order valence-electron chi connectivity index (χ2n) is 16.6. The summed E-state index contributed by atoms with van der Waals surface area (Å²) in [5.74, 6) is -2.97. The van der Waals surface area contributed by atoms with Crippen LogP contribution in [0.2, 0.25) is 0 Å². The number of unbranched alkanes of at least 4 members (excludes halogenated alkanes) is 1. The minimum atomic E-state index is -1.22. The molecule has 0 spiro atoms. The van der Waals surface area contributed by atoms with E-state index in [-0.39, 0.29) is 68.2 Å². The molecule has 0 saturated heterocycles. The van der Waals surface area contributed by atoms with Crippen LogP contribution in [0.4, 0.5) is 0 Å². The van der Waals surface area contributed by atoms with E-state index in [0.29, 0.717) is 49.2 Å². The summed E-state index contributed by atoms with van der Waals surface area (Å²) in [5, 5.41) is 27.0. The topological polar surface area (TPSA) is 365 Å². The van der Waals surface area contributed by atoms with Crippen LogP contribution in [0, 0.1) is 5.92 Å². The molecule has 0 aliphatic carbocycles. The number of nitrogens with one attached hydrogen (secondary N) is 8. The molecule has 0 fully saturated rings. The third kappa shape index (κ3) is 17.2. The minimum absolute atomic E-state index is 0.0350. The summed E-state index contributed by atoms with van der Waals surface area (Å²) in [4.78, 5) is 94.5. The minimum Gasteiger partial charge on any atom is -0.508 e. The highest BCUT2D eigenvalue weighted by Crippen LogP contribution is 2.24. The number of aromatic hydroxyl groups is 1. The van der Waals surface area contributed by atoms with E-state index < -0.39 is 60.4 Å². The monoisotopic (exact) mass is 945 g/mol. The average molecular weight is 945 g/mol. The van der Waals surface area contributed by atoms with E-state index in [1.807, 2.05) is 20.0 Å². The van der Waals surface area contributed by atoms with E-state index in [9.17, 15) is 33.9 Å². The first-order chi connectivity index (χ1) is 32.6. The molecule has 0 aliphatic heterocycles. The Hall–Kier alpha value is -7.20. The summed E-state index contributed by atoms with van der Waals surface area (Å²) in [5.41, 5.74) is 25.6. The lowest BCUT2D eigenvalue weighted by Gasteiger charge is -2.25. The molecule has 0 bridgehead atoms. The number of hydrogen-bond acceptors (Lipinski definition) is 12. The number of phenols is 1. The number of aliphatic imine (C=N–C) groups is 1. The SMILES string of the molecule is CC[C@H](C)[C@H](N)C(=O)N[C@@H](CCCCN)C(=O)NCCc1c[nH]c2ccc(OCC(=O)N[C@@H](CCCN=C(N)N)C(=O)N[C@@H](Cc3cnc[nH]3)C(=O)N[C@@H](Cc3ccc(O)cc3)C(=O)NC)cc12. The molecule has 4 rings (SSSR count). The van der Waals surface area contributed by atoms with Crippen molar-refractivity contribution >= 4 is 52.3 Å². The molecule has 0 unspecified atom stereocenters. The lowest BCUT2D eigenvalue weighted by molar-refractivity contribution is -0.134. The summed E-state index contributed by atoms with van der Waals surface area (Å²) >= 11 is 0. The number of carbonyl (C=O) groups excluding carboxylic acids is 6. The Morgan fingerprint density at radius 3 is 2.16 bits per heavy atom. The number of aromatic amines is 2. The van der Waals surface area contributed by atoms with Gasteiger partial charge in [-0.05, 0) is 92.4 Å². The average Bonchev–Trinajstić information content (AvgIpc) is 4.00. The molecule has 2 heterocycles. The highest BCUT2D eigenvalue weighted by Gasteiger charge is 2.31. The van der Waals surface area contributed by atoms with Crippen LogP contribution < -0.4 is 59.6 Å². The zero-order valence-electron chi connectivity index (χ0n) is 38.9. The zero-order chi connectivity index (χ0) is 49.6. The van der Waals surface area contributed by atoms with E-state index in [1.54, 1.807) is 30.3 Å². The first-order valence-electron chi connectivity index (χ1n) is 22.8. The van der Waals surface area contributed by atoms with Crippen LogP contribution in [0.25, 0.3) is 10.9 Å². The van der Waals surface area contributed by atoms with Gasteiger partial charge in [-0.2, -0.15) is 0 Å². The summed E-state index contributed by atoms with van der Waals surface area (Å²) in [6.45, 7) is 4.26. The lowest BCUT2D eigenvalue weighted by Crippen LogP contribution is -2.57. The quantitative estimate of drug-likeness (QED) is 0.0183. The number of rotatable bonds is 29. The molecule has 2 aromatic heterocycles. The van der Waals surface area contributed by atoms with Crippen molar-refractivity contribution in [3.8, 4) is 11.5 Å². The maximum atomic E-state index is 14.0. The molecule has 0 saturated carbocycles. The molecule has 22 heteroatoms. The van der Waals surface area contributed by atoms with Crippen molar-refractivity contribution in [3.05, 3.63) is 78.0 Å². The number of fused-ring (bicyclic) bond motifs is 1. The molecule has 68 heavy (non-hydrogen) atoms. The van der Waals surface area contributed by atoms with E-state index in [0.717, 1.165) is 22.9 Å². The van der Waals surface area contributed by atoms with Gasteiger partial charge in [-0.15, -0.1) is 0 Å². The number of carbonyl (C=O) groups is 6. The largest absolute Gasteiger partial charge is 0.508 e. The van der Waals surface area contributed by atoms with Gasteiger partial charge in [-0.3, -0.25) is 33.8 Å². The third-order valence-corrected chi connectivity index (χ3v) is 11.4.